The molecule has 0 atom stereocenters. The van der Waals surface area contributed by atoms with E-state index in [2.05, 4.69) is 36.2 Å². The molecular formula is C12H13BrN4O3S. The maximum Gasteiger partial charge on any atom is 0.277 e. The van der Waals surface area contributed by atoms with Gasteiger partial charge in [0.2, 0.25) is 10.0 Å². The Morgan fingerprint density at radius 2 is 1.81 bits per heavy atom. The Kier molecular flexibility index (Phi) is 4.33. The highest BCUT2D eigenvalue weighted by Crippen LogP contribution is 2.20. The maximum atomic E-state index is 12.0. The van der Waals surface area contributed by atoms with Gasteiger partial charge in [0.1, 0.15) is 0 Å². The molecule has 0 bridgehead atoms. The number of carbonyl (C=O) groups excluding carboxylic acids is 1. The minimum Gasteiger partial charge on any atom is -0.321 e. The van der Waals surface area contributed by atoms with Gasteiger partial charge in [0.25, 0.3) is 5.91 Å². The molecule has 0 saturated carbocycles. The summed E-state index contributed by atoms with van der Waals surface area (Å²) in [6.07, 6.45) is 1.07. The minimum atomic E-state index is -3.32. The third kappa shape index (κ3) is 4.05. The molecule has 2 aromatic rings. The number of aryl methyl sites for hydroxylation is 1. The third-order valence-electron chi connectivity index (χ3n) is 2.53. The van der Waals surface area contributed by atoms with Crippen molar-refractivity contribution in [1.82, 2.24) is 10.2 Å². The van der Waals surface area contributed by atoms with Crippen LogP contribution in [0.1, 0.15) is 16.2 Å². The van der Waals surface area contributed by atoms with Crippen molar-refractivity contribution in [2.75, 3.05) is 16.3 Å². The molecule has 0 unspecified atom stereocenters. The van der Waals surface area contributed by atoms with Crippen LogP contribution in [-0.2, 0) is 10.0 Å². The van der Waals surface area contributed by atoms with E-state index in [-0.39, 0.29) is 11.6 Å². The van der Waals surface area contributed by atoms with E-state index in [0.717, 1.165) is 11.9 Å². The monoisotopic (exact) mass is 372 g/mol. The van der Waals surface area contributed by atoms with Crippen LogP contribution in [0.4, 0.5) is 11.4 Å². The number of sulfonamides is 1. The molecule has 2 rings (SSSR count). The molecule has 112 valence electrons. The molecule has 7 nitrogen and oxygen atoms in total. The molecule has 1 aromatic heterocycles. The second-order valence-electron chi connectivity index (χ2n) is 4.42. The van der Waals surface area contributed by atoms with E-state index in [4.69, 9.17) is 0 Å². The first-order chi connectivity index (χ1) is 9.76. The Morgan fingerprint density at radius 1 is 1.24 bits per heavy atom. The highest BCUT2D eigenvalue weighted by Gasteiger charge is 2.15. The van der Waals surface area contributed by atoms with E-state index in [1.54, 1.807) is 31.2 Å². The molecule has 0 radical (unpaired) electrons. The van der Waals surface area contributed by atoms with E-state index < -0.39 is 10.0 Å². The van der Waals surface area contributed by atoms with E-state index in [0.29, 0.717) is 15.8 Å². The summed E-state index contributed by atoms with van der Waals surface area (Å²) in [6, 6.07) is 6.31. The predicted octanol–water partition coefficient (Wildman–Crippen LogP) is 2.10. The fraction of sp³-hybridized carbons (Fsp3) is 0.167. The van der Waals surface area contributed by atoms with Gasteiger partial charge in [-0.05, 0) is 47.1 Å². The Labute approximate surface area is 130 Å². The van der Waals surface area contributed by atoms with E-state index in [1.807, 2.05) is 0 Å². The molecule has 0 aliphatic rings. The number of aromatic amines is 1. The molecule has 0 aliphatic carbocycles. The van der Waals surface area contributed by atoms with Crippen molar-refractivity contribution < 1.29 is 13.2 Å². The van der Waals surface area contributed by atoms with Crippen LogP contribution in [0.25, 0.3) is 0 Å². The lowest BCUT2D eigenvalue weighted by molar-refractivity contribution is 0.102. The molecule has 1 aromatic carbocycles. The van der Waals surface area contributed by atoms with Gasteiger partial charge in [-0.2, -0.15) is 5.10 Å². The molecule has 3 N–H and O–H groups in total. The van der Waals surface area contributed by atoms with E-state index in [1.165, 1.54) is 0 Å². The summed E-state index contributed by atoms with van der Waals surface area (Å²) in [5, 5.41) is 9.28. The van der Waals surface area contributed by atoms with Crippen molar-refractivity contribution in [2.45, 2.75) is 6.92 Å². The molecule has 21 heavy (non-hydrogen) atoms. The van der Waals surface area contributed by atoms with Crippen LogP contribution in [0.15, 0.2) is 28.7 Å². The van der Waals surface area contributed by atoms with Crippen molar-refractivity contribution in [2.24, 2.45) is 0 Å². The minimum absolute atomic E-state index is 0.255. The lowest BCUT2D eigenvalue weighted by Gasteiger charge is -2.06. The number of anilines is 2. The van der Waals surface area contributed by atoms with Crippen LogP contribution in [0.2, 0.25) is 0 Å². The van der Waals surface area contributed by atoms with Gasteiger partial charge < -0.3 is 5.32 Å². The van der Waals surface area contributed by atoms with Crippen LogP contribution in [0.5, 0.6) is 0 Å². The summed E-state index contributed by atoms with van der Waals surface area (Å²) in [4.78, 5) is 12.0. The highest BCUT2D eigenvalue weighted by molar-refractivity contribution is 9.10. The second-order valence-corrected chi connectivity index (χ2v) is 6.96. The maximum absolute atomic E-state index is 12.0. The van der Waals surface area contributed by atoms with Gasteiger partial charge in [-0.25, -0.2) is 8.42 Å². The summed E-state index contributed by atoms with van der Waals surface area (Å²) in [5.41, 5.74) is 1.97. The SMILES string of the molecule is Cc1[nH]nc(C(=O)Nc2ccc(NS(C)(=O)=O)cc2)c1Br. The summed E-state index contributed by atoms with van der Waals surface area (Å²) in [6.45, 7) is 1.79. The zero-order valence-electron chi connectivity index (χ0n) is 11.3. The van der Waals surface area contributed by atoms with Gasteiger partial charge in [-0.15, -0.1) is 0 Å². The summed E-state index contributed by atoms with van der Waals surface area (Å²) in [7, 11) is -3.32. The Hall–Kier alpha value is -1.87. The summed E-state index contributed by atoms with van der Waals surface area (Å²) < 4.78 is 25.1. The van der Waals surface area contributed by atoms with Crippen LogP contribution < -0.4 is 10.0 Å². The number of hydrogen-bond donors (Lipinski definition) is 3. The first kappa shape index (κ1) is 15.5. The van der Waals surface area contributed by atoms with Crippen molar-refractivity contribution in [1.29, 1.82) is 0 Å². The largest absolute Gasteiger partial charge is 0.321 e. The first-order valence-electron chi connectivity index (χ1n) is 5.86. The Balaban J connectivity index is 2.10. The smallest absolute Gasteiger partial charge is 0.277 e. The highest BCUT2D eigenvalue weighted by atomic mass is 79.9. The lowest BCUT2D eigenvalue weighted by atomic mass is 10.2. The standard InChI is InChI=1S/C12H13BrN4O3S/c1-7-10(13)11(16-15-7)12(18)14-8-3-5-9(6-4-8)17-21(2,19)20/h3-6,17H,1-2H3,(H,14,18)(H,15,16). The first-order valence-corrected chi connectivity index (χ1v) is 8.54. The van der Waals surface area contributed by atoms with E-state index >= 15 is 0 Å². The molecular weight excluding hydrogens is 360 g/mol. The fourth-order valence-corrected chi connectivity index (χ4v) is 2.51. The average molecular weight is 373 g/mol. The lowest BCUT2D eigenvalue weighted by Crippen LogP contribution is -2.13. The third-order valence-corrected chi connectivity index (χ3v) is 4.11. The number of nitrogens with zero attached hydrogens (tertiary/aromatic N) is 1. The van der Waals surface area contributed by atoms with E-state index in [9.17, 15) is 13.2 Å². The van der Waals surface area contributed by atoms with Gasteiger partial charge in [-0.1, -0.05) is 0 Å². The number of aromatic nitrogens is 2. The Bertz CT molecular complexity index is 768. The number of hydrogen-bond acceptors (Lipinski definition) is 4. The van der Waals surface area contributed by atoms with Crippen molar-refractivity contribution >= 4 is 43.2 Å². The zero-order valence-corrected chi connectivity index (χ0v) is 13.7. The zero-order chi connectivity index (χ0) is 15.6. The average Bonchev–Trinajstić information content (AvgIpc) is 2.71. The topological polar surface area (TPSA) is 104 Å². The van der Waals surface area contributed by atoms with Crippen LogP contribution in [0.3, 0.4) is 0 Å². The van der Waals surface area contributed by atoms with Crippen LogP contribution in [-0.4, -0.2) is 30.8 Å². The molecule has 9 heteroatoms. The number of rotatable bonds is 4. The quantitative estimate of drug-likeness (QED) is 0.764. The number of carbonyl (C=O) groups is 1. The molecule has 0 fully saturated rings. The van der Waals surface area contributed by atoms with Crippen LogP contribution in [0, 0.1) is 6.92 Å². The van der Waals surface area contributed by atoms with Gasteiger partial charge >= 0.3 is 0 Å². The number of halogens is 1. The number of benzene rings is 1. The number of nitrogens with one attached hydrogen (secondary N) is 3. The van der Waals surface area contributed by atoms with Crippen molar-refractivity contribution in [3.8, 4) is 0 Å². The second kappa shape index (κ2) is 5.86. The van der Waals surface area contributed by atoms with Crippen LogP contribution >= 0.6 is 15.9 Å². The number of amides is 1. The van der Waals surface area contributed by atoms with Crippen molar-refractivity contribution in [3.05, 3.63) is 40.1 Å². The van der Waals surface area contributed by atoms with Gasteiger partial charge in [0.15, 0.2) is 5.69 Å². The molecule has 1 amide bonds. The number of H-pyrrole nitrogens is 1. The predicted molar refractivity (Wildman–Crippen MR) is 83.9 cm³/mol. The van der Waals surface area contributed by atoms with Gasteiger partial charge in [0.05, 0.1) is 10.7 Å². The van der Waals surface area contributed by atoms with Crippen molar-refractivity contribution in [3.63, 3.8) is 0 Å². The molecule has 1 heterocycles. The summed E-state index contributed by atoms with van der Waals surface area (Å²) in [5.74, 6) is -0.366. The normalized spacial score (nSPS) is 11.2. The molecule has 0 aliphatic heterocycles. The summed E-state index contributed by atoms with van der Waals surface area (Å²) >= 11 is 3.28. The van der Waals surface area contributed by atoms with Gasteiger partial charge in [0, 0.05) is 17.1 Å². The molecule has 0 spiro atoms. The fourth-order valence-electron chi connectivity index (χ4n) is 1.59. The van der Waals surface area contributed by atoms with Gasteiger partial charge in [-0.3, -0.25) is 14.6 Å². The molecule has 0 saturated heterocycles. The Morgan fingerprint density at radius 3 is 2.29 bits per heavy atom.